The standard InChI is InChI=1S/C10H10BrCl/c1-7-3-4-9(8(2)6-12)10(11)5-7/h3-5H,2,6H2,1H3. The lowest BCUT2D eigenvalue weighted by Gasteiger charge is -2.05. The predicted molar refractivity (Wildman–Crippen MR) is 58.6 cm³/mol. The lowest BCUT2D eigenvalue weighted by Crippen LogP contribution is -1.86. The molecule has 0 radical (unpaired) electrons. The zero-order valence-corrected chi connectivity index (χ0v) is 9.24. The number of hydrogen-bond acceptors (Lipinski definition) is 0. The van der Waals surface area contributed by atoms with Crippen molar-refractivity contribution in [3.63, 3.8) is 0 Å². The summed E-state index contributed by atoms with van der Waals surface area (Å²) in [6.07, 6.45) is 0. The van der Waals surface area contributed by atoms with Gasteiger partial charge in [-0.15, -0.1) is 11.6 Å². The second-order valence-corrected chi connectivity index (χ2v) is 3.84. The first-order valence-electron chi connectivity index (χ1n) is 3.65. The summed E-state index contributed by atoms with van der Waals surface area (Å²) in [6, 6.07) is 6.15. The summed E-state index contributed by atoms with van der Waals surface area (Å²) in [5.41, 5.74) is 3.27. The minimum atomic E-state index is 0.474. The van der Waals surface area contributed by atoms with Crippen molar-refractivity contribution in [1.29, 1.82) is 0 Å². The van der Waals surface area contributed by atoms with Gasteiger partial charge in [0.15, 0.2) is 0 Å². The minimum Gasteiger partial charge on any atom is -0.122 e. The first kappa shape index (κ1) is 9.82. The molecule has 12 heavy (non-hydrogen) atoms. The molecule has 0 atom stereocenters. The average Bonchev–Trinajstić information content (AvgIpc) is 2.03. The Hall–Kier alpha value is -0.270. The van der Waals surface area contributed by atoms with Gasteiger partial charge in [-0.25, -0.2) is 0 Å². The molecule has 0 saturated carbocycles. The third-order valence-corrected chi connectivity index (χ3v) is 2.65. The molecule has 0 heterocycles. The zero-order valence-electron chi connectivity index (χ0n) is 6.90. The molecule has 0 aliphatic heterocycles. The summed E-state index contributed by atoms with van der Waals surface area (Å²) in [7, 11) is 0. The van der Waals surface area contributed by atoms with Crippen LogP contribution in [0.1, 0.15) is 11.1 Å². The highest BCUT2D eigenvalue weighted by Gasteiger charge is 2.02. The molecule has 0 aromatic heterocycles. The van der Waals surface area contributed by atoms with Gasteiger partial charge in [0.25, 0.3) is 0 Å². The van der Waals surface area contributed by atoms with Gasteiger partial charge in [0.2, 0.25) is 0 Å². The molecule has 2 heteroatoms. The number of alkyl halides is 1. The molecule has 0 nitrogen and oxygen atoms in total. The number of benzene rings is 1. The van der Waals surface area contributed by atoms with Crippen molar-refractivity contribution in [2.24, 2.45) is 0 Å². The molecule has 1 rings (SSSR count). The summed E-state index contributed by atoms with van der Waals surface area (Å²) in [4.78, 5) is 0. The maximum atomic E-state index is 5.68. The summed E-state index contributed by atoms with van der Waals surface area (Å²) in [6.45, 7) is 5.93. The van der Waals surface area contributed by atoms with Crippen LogP contribution in [0, 0.1) is 6.92 Å². The molecule has 0 aliphatic rings. The first-order chi connectivity index (χ1) is 5.65. The van der Waals surface area contributed by atoms with E-state index in [1.54, 1.807) is 0 Å². The van der Waals surface area contributed by atoms with Gasteiger partial charge < -0.3 is 0 Å². The van der Waals surface area contributed by atoms with Gasteiger partial charge in [-0.1, -0.05) is 34.6 Å². The van der Waals surface area contributed by atoms with E-state index in [0.29, 0.717) is 5.88 Å². The third-order valence-electron chi connectivity index (χ3n) is 1.67. The Morgan fingerprint density at radius 1 is 1.58 bits per heavy atom. The van der Waals surface area contributed by atoms with E-state index in [0.717, 1.165) is 15.6 Å². The molecule has 64 valence electrons. The SMILES string of the molecule is C=C(CCl)c1ccc(C)cc1Br. The Bertz CT molecular complexity index is 305. The fourth-order valence-electron chi connectivity index (χ4n) is 0.979. The maximum Gasteiger partial charge on any atom is 0.0474 e. The number of aryl methyl sites for hydroxylation is 1. The lowest BCUT2D eigenvalue weighted by molar-refractivity contribution is 1.42. The quantitative estimate of drug-likeness (QED) is 0.691. The first-order valence-corrected chi connectivity index (χ1v) is 4.98. The van der Waals surface area contributed by atoms with Crippen LogP contribution < -0.4 is 0 Å². The number of halogens is 2. The highest BCUT2D eigenvalue weighted by atomic mass is 79.9. The lowest BCUT2D eigenvalue weighted by atomic mass is 10.1. The topological polar surface area (TPSA) is 0 Å². The normalized spacial score (nSPS) is 9.92. The van der Waals surface area contributed by atoms with E-state index in [1.165, 1.54) is 5.56 Å². The smallest absolute Gasteiger partial charge is 0.0474 e. The Labute approximate surface area is 86.4 Å². The van der Waals surface area contributed by atoms with Crippen LogP contribution in [0.4, 0.5) is 0 Å². The van der Waals surface area contributed by atoms with E-state index < -0.39 is 0 Å². The van der Waals surface area contributed by atoms with Gasteiger partial charge >= 0.3 is 0 Å². The largest absolute Gasteiger partial charge is 0.122 e. The molecule has 0 fully saturated rings. The van der Waals surface area contributed by atoms with Crippen LogP contribution in [0.25, 0.3) is 5.57 Å². The summed E-state index contributed by atoms with van der Waals surface area (Å²) in [5.74, 6) is 0.474. The Balaban J connectivity index is 3.09. The minimum absolute atomic E-state index is 0.474. The highest BCUT2D eigenvalue weighted by Crippen LogP contribution is 2.24. The van der Waals surface area contributed by atoms with E-state index in [4.69, 9.17) is 11.6 Å². The molecule has 0 N–H and O–H groups in total. The number of hydrogen-bond donors (Lipinski definition) is 0. The number of allylic oxidation sites excluding steroid dienone is 1. The van der Waals surface area contributed by atoms with E-state index in [1.807, 2.05) is 6.07 Å². The van der Waals surface area contributed by atoms with Crippen molar-refractivity contribution in [2.45, 2.75) is 6.92 Å². The van der Waals surface area contributed by atoms with Crippen LogP contribution in [-0.2, 0) is 0 Å². The van der Waals surface area contributed by atoms with Crippen molar-refractivity contribution in [1.82, 2.24) is 0 Å². The maximum absolute atomic E-state index is 5.68. The fourth-order valence-corrected chi connectivity index (χ4v) is 1.90. The van der Waals surface area contributed by atoms with E-state index in [-0.39, 0.29) is 0 Å². The van der Waals surface area contributed by atoms with Crippen molar-refractivity contribution in [2.75, 3.05) is 5.88 Å². The van der Waals surface area contributed by atoms with Crippen LogP contribution in [0.2, 0.25) is 0 Å². The van der Waals surface area contributed by atoms with Gasteiger partial charge in [-0.3, -0.25) is 0 Å². The van der Waals surface area contributed by atoms with Gasteiger partial charge in [0, 0.05) is 10.4 Å². The molecule has 0 amide bonds. The molecular formula is C10H10BrCl. The Kier molecular flexibility index (Phi) is 3.36. The second-order valence-electron chi connectivity index (χ2n) is 2.72. The monoisotopic (exact) mass is 244 g/mol. The predicted octanol–water partition coefficient (Wildman–Crippen LogP) is 4.01. The van der Waals surface area contributed by atoms with Crippen molar-refractivity contribution in [3.05, 3.63) is 40.4 Å². The van der Waals surface area contributed by atoms with Crippen LogP contribution in [-0.4, -0.2) is 5.88 Å². The molecule has 0 aliphatic carbocycles. The fraction of sp³-hybridized carbons (Fsp3) is 0.200. The molecule has 1 aromatic carbocycles. The number of rotatable bonds is 2. The Morgan fingerprint density at radius 3 is 2.75 bits per heavy atom. The van der Waals surface area contributed by atoms with Crippen LogP contribution in [0.15, 0.2) is 29.3 Å². The molecule has 0 spiro atoms. The summed E-state index contributed by atoms with van der Waals surface area (Å²) < 4.78 is 1.06. The molecule has 1 aromatic rings. The van der Waals surface area contributed by atoms with Crippen molar-refractivity contribution in [3.8, 4) is 0 Å². The van der Waals surface area contributed by atoms with Gasteiger partial charge in [0.05, 0.1) is 0 Å². The summed E-state index contributed by atoms with van der Waals surface area (Å²) >= 11 is 9.15. The molecule has 0 unspecified atom stereocenters. The summed E-state index contributed by atoms with van der Waals surface area (Å²) in [5, 5.41) is 0. The van der Waals surface area contributed by atoms with E-state index >= 15 is 0 Å². The van der Waals surface area contributed by atoms with Crippen LogP contribution >= 0.6 is 27.5 Å². The van der Waals surface area contributed by atoms with Gasteiger partial charge in [-0.05, 0) is 29.7 Å². The zero-order chi connectivity index (χ0) is 9.14. The average molecular weight is 246 g/mol. The second kappa shape index (κ2) is 4.11. The highest BCUT2D eigenvalue weighted by molar-refractivity contribution is 9.10. The van der Waals surface area contributed by atoms with Crippen LogP contribution in [0.5, 0.6) is 0 Å². The molecule has 0 saturated heterocycles. The Morgan fingerprint density at radius 2 is 2.25 bits per heavy atom. The van der Waals surface area contributed by atoms with Crippen molar-refractivity contribution >= 4 is 33.1 Å². The van der Waals surface area contributed by atoms with Gasteiger partial charge in [-0.2, -0.15) is 0 Å². The third kappa shape index (κ3) is 2.11. The molecule has 0 bridgehead atoms. The van der Waals surface area contributed by atoms with Crippen molar-refractivity contribution < 1.29 is 0 Å². The van der Waals surface area contributed by atoms with E-state index in [2.05, 4.69) is 41.6 Å². The van der Waals surface area contributed by atoms with Gasteiger partial charge in [0.1, 0.15) is 0 Å². The van der Waals surface area contributed by atoms with Crippen LogP contribution in [0.3, 0.4) is 0 Å². The molecular weight excluding hydrogens is 235 g/mol. The van der Waals surface area contributed by atoms with E-state index in [9.17, 15) is 0 Å².